The van der Waals surface area contributed by atoms with Gasteiger partial charge in [-0.15, -0.1) is 0 Å². The second-order valence-corrected chi connectivity index (χ2v) is 5.98. The van der Waals surface area contributed by atoms with Gasteiger partial charge in [-0.05, 0) is 49.7 Å². The molecule has 3 aromatic rings. The lowest BCUT2D eigenvalue weighted by Gasteiger charge is -2.15. The Morgan fingerprint density at radius 3 is 2.54 bits per heavy atom. The molecule has 0 aliphatic rings. The second kappa shape index (κ2) is 6.95. The fraction of sp³-hybridized carbons (Fsp3) is 0.211. The van der Waals surface area contributed by atoms with Crippen LogP contribution in [0.5, 0.6) is 0 Å². The minimum atomic E-state index is -0.725. The van der Waals surface area contributed by atoms with Gasteiger partial charge in [0.25, 0.3) is 5.91 Å². The highest BCUT2D eigenvalue weighted by atomic mass is 19.1. The molecule has 7 heteroatoms. The monoisotopic (exact) mass is 355 g/mol. The average molecular weight is 355 g/mol. The van der Waals surface area contributed by atoms with Crippen molar-refractivity contribution in [3.8, 4) is 0 Å². The van der Waals surface area contributed by atoms with Crippen LogP contribution in [-0.4, -0.2) is 15.5 Å². The summed E-state index contributed by atoms with van der Waals surface area (Å²) in [6, 6.07) is 10.3. The first kappa shape index (κ1) is 17.6. The highest BCUT2D eigenvalue weighted by Crippen LogP contribution is 2.16. The van der Waals surface area contributed by atoms with E-state index in [2.05, 4.69) is 10.3 Å². The molecule has 2 N–H and O–H groups in total. The van der Waals surface area contributed by atoms with Crippen molar-refractivity contribution in [3.05, 3.63) is 80.1 Å². The van der Waals surface area contributed by atoms with Gasteiger partial charge in [-0.2, -0.15) is 0 Å². The van der Waals surface area contributed by atoms with Crippen LogP contribution in [0, 0.1) is 5.82 Å². The standard InChI is InChI=1S/C19H18FN3O3/c1-3-23-16-9-6-13(10-15(16)22-18(25)19(23)26)17(24)21-11(2)12-4-7-14(20)8-5-12/h4-11H,3H2,1-2H3,(H,21,24)(H,22,25). The summed E-state index contributed by atoms with van der Waals surface area (Å²) in [5, 5.41) is 2.83. The van der Waals surface area contributed by atoms with Gasteiger partial charge in [0, 0.05) is 12.1 Å². The summed E-state index contributed by atoms with van der Waals surface area (Å²) >= 11 is 0. The van der Waals surface area contributed by atoms with E-state index in [4.69, 9.17) is 0 Å². The van der Waals surface area contributed by atoms with E-state index in [1.165, 1.54) is 22.8 Å². The Labute approximate surface area is 148 Å². The van der Waals surface area contributed by atoms with Gasteiger partial charge in [0.1, 0.15) is 5.82 Å². The molecule has 0 radical (unpaired) electrons. The van der Waals surface area contributed by atoms with E-state index in [0.717, 1.165) is 5.56 Å². The Bertz CT molecular complexity index is 1080. The lowest BCUT2D eigenvalue weighted by Crippen LogP contribution is -2.36. The van der Waals surface area contributed by atoms with E-state index in [0.29, 0.717) is 23.1 Å². The van der Waals surface area contributed by atoms with Crippen molar-refractivity contribution in [3.63, 3.8) is 0 Å². The lowest BCUT2D eigenvalue weighted by atomic mass is 10.1. The number of carbonyl (C=O) groups is 1. The third kappa shape index (κ3) is 3.28. The van der Waals surface area contributed by atoms with E-state index in [9.17, 15) is 18.8 Å². The summed E-state index contributed by atoms with van der Waals surface area (Å²) in [6.45, 7) is 3.92. The SMILES string of the molecule is CCn1c(=O)c(=O)[nH]c2cc(C(=O)NC(C)c3ccc(F)cc3)ccc21. The van der Waals surface area contributed by atoms with Gasteiger partial charge in [0.15, 0.2) is 0 Å². The molecule has 1 amide bonds. The van der Waals surface area contributed by atoms with Crippen molar-refractivity contribution in [1.29, 1.82) is 0 Å². The molecule has 0 spiro atoms. The Morgan fingerprint density at radius 2 is 1.88 bits per heavy atom. The zero-order valence-corrected chi connectivity index (χ0v) is 14.4. The number of hydrogen-bond acceptors (Lipinski definition) is 3. The number of halogens is 1. The van der Waals surface area contributed by atoms with Crippen LogP contribution < -0.4 is 16.4 Å². The number of carbonyl (C=O) groups excluding carboxylic acids is 1. The number of H-pyrrole nitrogens is 1. The van der Waals surface area contributed by atoms with Crippen molar-refractivity contribution >= 4 is 16.9 Å². The van der Waals surface area contributed by atoms with Crippen LogP contribution in [-0.2, 0) is 6.54 Å². The number of aromatic amines is 1. The van der Waals surface area contributed by atoms with Crippen LogP contribution >= 0.6 is 0 Å². The largest absolute Gasteiger partial charge is 0.346 e. The van der Waals surface area contributed by atoms with Crippen LogP contribution in [0.2, 0.25) is 0 Å². The average Bonchev–Trinajstić information content (AvgIpc) is 2.63. The van der Waals surface area contributed by atoms with Crippen molar-refractivity contribution in [2.75, 3.05) is 0 Å². The maximum absolute atomic E-state index is 13.0. The predicted molar refractivity (Wildman–Crippen MR) is 96.8 cm³/mol. The summed E-state index contributed by atoms with van der Waals surface area (Å²) in [7, 11) is 0. The minimum absolute atomic E-state index is 0.317. The summed E-state index contributed by atoms with van der Waals surface area (Å²) in [4.78, 5) is 38.6. The van der Waals surface area contributed by atoms with Gasteiger partial charge in [0.05, 0.1) is 17.1 Å². The molecule has 3 rings (SSSR count). The number of benzene rings is 2. The molecular weight excluding hydrogens is 337 g/mol. The second-order valence-electron chi connectivity index (χ2n) is 5.98. The number of nitrogens with one attached hydrogen (secondary N) is 2. The molecule has 26 heavy (non-hydrogen) atoms. The first-order valence-corrected chi connectivity index (χ1v) is 8.24. The van der Waals surface area contributed by atoms with Gasteiger partial charge >= 0.3 is 11.1 Å². The molecule has 0 saturated heterocycles. The minimum Gasteiger partial charge on any atom is -0.346 e. The third-order valence-electron chi connectivity index (χ3n) is 4.27. The summed E-state index contributed by atoms with van der Waals surface area (Å²) in [5.74, 6) is -0.674. The Kier molecular flexibility index (Phi) is 4.71. The fourth-order valence-corrected chi connectivity index (χ4v) is 2.85. The molecule has 1 atom stereocenters. The van der Waals surface area contributed by atoms with Crippen LogP contribution in [0.3, 0.4) is 0 Å². The molecule has 6 nitrogen and oxygen atoms in total. The summed E-state index contributed by atoms with van der Waals surface area (Å²) in [6.07, 6.45) is 0. The highest BCUT2D eigenvalue weighted by molar-refractivity contribution is 5.97. The molecule has 0 bridgehead atoms. The highest BCUT2D eigenvalue weighted by Gasteiger charge is 2.14. The molecule has 134 valence electrons. The number of aromatic nitrogens is 2. The Hall–Kier alpha value is -3.22. The maximum Gasteiger partial charge on any atom is 0.316 e. The predicted octanol–water partition coefficient (Wildman–Crippen LogP) is 2.34. The molecule has 1 unspecified atom stereocenters. The summed E-state index contributed by atoms with van der Waals surface area (Å²) < 4.78 is 14.4. The molecule has 2 aromatic carbocycles. The molecule has 0 aliphatic carbocycles. The normalized spacial score (nSPS) is 12.1. The summed E-state index contributed by atoms with van der Waals surface area (Å²) in [5.41, 5.74) is 0.745. The first-order valence-electron chi connectivity index (χ1n) is 8.24. The van der Waals surface area contributed by atoms with E-state index < -0.39 is 11.1 Å². The zero-order valence-electron chi connectivity index (χ0n) is 14.4. The maximum atomic E-state index is 13.0. The Morgan fingerprint density at radius 1 is 1.19 bits per heavy atom. The van der Waals surface area contributed by atoms with Gasteiger partial charge < -0.3 is 14.9 Å². The van der Waals surface area contributed by atoms with Crippen LogP contribution in [0.1, 0.15) is 35.8 Å². The zero-order chi connectivity index (χ0) is 18.8. The number of fused-ring (bicyclic) bond motifs is 1. The van der Waals surface area contributed by atoms with Gasteiger partial charge in [-0.25, -0.2) is 4.39 Å². The van der Waals surface area contributed by atoms with Gasteiger partial charge in [0.2, 0.25) is 0 Å². The molecule has 0 aliphatic heterocycles. The van der Waals surface area contributed by atoms with Gasteiger partial charge in [-0.1, -0.05) is 12.1 Å². The number of nitrogens with zero attached hydrogens (tertiary/aromatic N) is 1. The van der Waals surface area contributed by atoms with Crippen molar-refractivity contribution in [2.24, 2.45) is 0 Å². The van der Waals surface area contributed by atoms with Crippen molar-refractivity contribution < 1.29 is 9.18 Å². The fourth-order valence-electron chi connectivity index (χ4n) is 2.85. The van der Waals surface area contributed by atoms with E-state index in [1.54, 1.807) is 38.1 Å². The molecular formula is C19H18FN3O3. The van der Waals surface area contributed by atoms with E-state index in [1.807, 2.05) is 0 Å². The number of hydrogen-bond donors (Lipinski definition) is 2. The lowest BCUT2D eigenvalue weighted by molar-refractivity contribution is 0.0940. The number of amides is 1. The topological polar surface area (TPSA) is 84.0 Å². The smallest absolute Gasteiger partial charge is 0.316 e. The van der Waals surface area contributed by atoms with Crippen molar-refractivity contribution in [2.45, 2.75) is 26.4 Å². The van der Waals surface area contributed by atoms with E-state index >= 15 is 0 Å². The quantitative estimate of drug-likeness (QED) is 0.705. The first-order chi connectivity index (χ1) is 12.4. The molecule has 1 heterocycles. The van der Waals surface area contributed by atoms with Crippen LogP contribution in [0.25, 0.3) is 11.0 Å². The van der Waals surface area contributed by atoms with Crippen LogP contribution in [0.4, 0.5) is 4.39 Å². The van der Waals surface area contributed by atoms with Gasteiger partial charge in [-0.3, -0.25) is 14.4 Å². The molecule has 0 saturated carbocycles. The Balaban J connectivity index is 1.91. The van der Waals surface area contributed by atoms with Crippen LogP contribution in [0.15, 0.2) is 52.1 Å². The molecule has 1 aromatic heterocycles. The number of aryl methyl sites for hydroxylation is 1. The van der Waals surface area contributed by atoms with Crippen molar-refractivity contribution in [1.82, 2.24) is 14.9 Å². The number of rotatable bonds is 4. The van der Waals surface area contributed by atoms with E-state index in [-0.39, 0.29) is 17.8 Å². The molecule has 0 fully saturated rings. The third-order valence-corrected chi connectivity index (χ3v) is 4.27.